The number of nitrogens with zero attached hydrogens (tertiary/aromatic N) is 3. The largest absolute Gasteiger partial charge is 0.261 e. The van der Waals surface area contributed by atoms with E-state index in [0.717, 1.165) is 17.0 Å². The Morgan fingerprint density at radius 3 is 2.39 bits per heavy atom. The molecule has 0 spiro atoms. The molecule has 0 aliphatic carbocycles. The molecule has 0 unspecified atom stereocenters. The van der Waals surface area contributed by atoms with Gasteiger partial charge in [-0.3, -0.25) is 4.98 Å². The molecule has 0 amide bonds. The summed E-state index contributed by atoms with van der Waals surface area (Å²) in [6.45, 7) is 8.25. The summed E-state index contributed by atoms with van der Waals surface area (Å²) < 4.78 is 0. The summed E-state index contributed by atoms with van der Waals surface area (Å²) in [5.74, 6) is 0.625. The SMILES string of the molecule is Cc1ccc(-c2nc(Cl)cc(C(C)(C)C)n2)cn1. The predicted molar refractivity (Wildman–Crippen MR) is 73.7 cm³/mol. The summed E-state index contributed by atoms with van der Waals surface area (Å²) in [4.78, 5) is 13.1. The second kappa shape index (κ2) is 4.65. The third-order valence-electron chi connectivity index (χ3n) is 2.63. The molecule has 2 aromatic rings. The average Bonchev–Trinajstić information content (AvgIpc) is 2.28. The second-order valence-electron chi connectivity index (χ2n) is 5.34. The third-order valence-corrected chi connectivity index (χ3v) is 2.83. The minimum absolute atomic E-state index is 0.0561. The molecule has 2 aromatic heterocycles. The first kappa shape index (κ1) is 13.0. The minimum atomic E-state index is -0.0561. The summed E-state index contributed by atoms with van der Waals surface area (Å²) in [6.07, 6.45) is 1.77. The molecule has 0 aliphatic rings. The standard InChI is InChI=1S/C14H16ClN3/c1-9-5-6-10(8-16-9)13-17-11(14(2,3)4)7-12(15)18-13/h5-8H,1-4H3. The summed E-state index contributed by atoms with van der Waals surface area (Å²) >= 11 is 6.07. The van der Waals surface area contributed by atoms with Crippen LogP contribution in [0.5, 0.6) is 0 Å². The topological polar surface area (TPSA) is 38.7 Å². The van der Waals surface area contributed by atoms with E-state index in [1.54, 1.807) is 6.20 Å². The van der Waals surface area contributed by atoms with Crippen molar-refractivity contribution in [3.63, 3.8) is 0 Å². The van der Waals surface area contributed by atoms with Gasteiger partial charge < -0.3 is 0 Å². The van der Waals surface area contributed by atoms with Crippen molar-refractivity contribution >= 4 is 11.6 Å². The fourth-order valence-electron chi connectivity index (χ4n) is 1.53. The molecule has 0 saturated heterocycles. The van der Waals surface area contributed by atoms with Gasteiger partial charge in [-0.2, -0.15) is 0 Å². The van der Waals surface area contributed by atoms with Gasteiger partial charge in [0, 0.05) is 22.9 Å². The molecular weight excluding hydrogens is 246 g/mol. The zero-order valence-electron chi connectivity index (χ0n) is 11.0. The fourth-order valence-corrected chi connectivity index (χ4v) is 1.71. The third kappa shape index (κ3) is 2.85. The van der Waals surface area contributed by atoms with Crippen molar-refractivity contribution in [1.82, 2.24) is 15.0 Å². The van der Waals surface area contributed by atoms with Crippen LogP contribution < -0.4 is 0 Å². The van der Waals surface area contributed by atoms with Gasteiger partial charge in [-0.05, 0) is 25.1 Å². The molecule has 18 heavy (non-hydrogen) atoms. The summed E-state index contributed by atoms with van der Waals surface area (Å²) in [5.41, 5.74) is 2.72. The number of aromatic nitrogens is 3. The van der Waals surface area contributed by atoms with E-state index in [4.69, 9.17) is 11.6 Å². The summed E-state index contributed by atoms with van der Waals surface area (Å²) in [6, 6.07) is 5.71. The quantitative estimate of drug-likeness (QED) is 0.733. The van der Waals surface area contributed by atoms with Crippen LogP contribution in [0.4, 0.5) is 0 Å². The van der Waals surface area contributed by atoms with Crippen LogP contribution in [0.2, 0.25) is 5.15 Å². The molecule has 4 heteroatoms. The van der Waals surface area contributed by atoms with Crippen LogP contribution in [-0.4, -0.2) is 15.0 Å². The molecular formula is C14H16ClN3. The molecule has 0 N–H and O–H groups in total. The minimum Gasteiger partial charge on any atom is -0.261 e. The van der Waals surface area contributed by atoms with Gasteiger partial charge in [-0.25, -0.2) is 9.97 Å². The number of rotatable bonds is 1. The number of hydrogen-bond acceptors (Lipinski definition) is 3. The molecule has 0 atom stereocenters. The predicted octanol–water partition coefficient (Wildman–Crippen LogP) is 3.80. The van der Waals surface area contributed by atoms with Crippen molar-refractivity contribution < 1.29 is 0 Å². The maximum absolute atomic E-state index is 6.07. The van der Waals surface area contributed by atoms with E-state index >= 15 is 0 Å². The van der Waals surface area contributed by atoms with Crippen LogP contribution in [0, 0.1) is 6.92 Å². The van der Waals surface area contributed by atoms with Gasteiger partial charge in [-0.15, -0.1) is 0 Å². The van der Waals surface area contributed by atoms with Crippen LogP contribution in [0.1, 0.15) is 32.2 Å². The average molecular weight is 262 g/mol. The zero-order valence-corrected chi connectivity index (χ0v) is 11.8. The maximum Gasteiger partial charge on any atom is 0.162 e. The lowest BCUT2D eigenvalue weighted by Crippen LogP contribution is -2.14. The summed E-state index contributed by atoms with van der Waals surface area (Å²) in [5, 5.41) is 0.463. The number of pyridine rings is 1. The number of hydrogen-bond donors (Lipinski definition) is 0. The van der Waals surface area contributed by atoms with E-state index in [-0.39, 0.29) is 5.41 Å². The molecule has 0 fully saturated rings. The Labute approximate surface area is 112 Å². The Hall–Kier alpha value is -1.48. The molecule has 0 aliphatic heterocycles. The van der Waals surface area contributed by atoms with Crippen LogP contribution in [0.3, 0.4) is 0 Å². The van der Waals surface area contributed by atoms with Crippen molar-refractivity contribution in [2.45, 2.75) is 33.1 Å². The molecule has 94 valence electrons. The molecule has 0 bridgehead atoms. The highest BCUT2D eigenvalue weighted by Gasteiger charge is 2.18. The van der Waals surface area contributed by atoms with E-state index in [9.17, 15) is 0 Å². The second-order valence-corrected chi connectivity index (χ2v) is 5.73. The highest BCUT2D eigenvalue weighted by atomic mass is 35.5. The molecule has 2 rings (SSSR count). The zero-order chi connectivity index (χ0) is 13.3. The molecule has 2 heterocycles. The van der Waals surface area contributed by atoms with Crippen LogP contribution in [-0.2, 0) is 5.41 Å². The van der Waals surface area contributed by atoms with Crippen molar-refractivity contribution in [2.75, 3.05) is 0 Å². The van der Waals surface area contributed by atoms with Gasteiger partial charge >= 0.3 is 0 Å². The highest BCUT2D eigenvalue weighted by molar-refractivity contribution is 6.29. The van der Waals surface area contributed by atoms with E-state index in [1.165, 1.54) is 0 Å². The Morgan fingerprint density at radius 1 is 1.11 bits per heavy atom. The van der Waals surface area contributed by atoms with Gasteiger partial charge in [0.25, 0.3) is 0 Å². The Balaban J connectivity index is 2.52. The van der Waals surface area contributed by atoms with Gasteiger partial charge in [0.2, 0.25) is 0 Å². The molecule has 3 nitrogen and oxygen atoms in total. The number of halogens is 1. The highest BCUT2D eigenvalue weighted by Crippen LogP contribution is 2.25. The van der Waals surface area contributed by atoms with Crippen LogP contribution >= 0.6 is 11.6 Å². The normalized spacial score (nSPS) is 11.6. The van der Waals surface area contributed by atoms with Crippen LogP contribution in [0.25, 0.3) is 11.4 Å². The molecule has 0 radical (unpaired) electrons. The van der Waals surface area contributed by atoms with Gasteiger partial charge in [0.05, 0.1) is 5.69 Å². The fraction of sp³-hybridized carbons (Fsp3) is 0.357. The first-order valence-electron chi connectivity index (χ1n) is 5.84. The Kier molecular flexibility index (Phi) is 3.35. The van der Waals surface area contributed by atoms with E-state index < -0.39 is 0 Å². The maximum atomic E-state index is 6.07. The lowest BCUT2D eigenvalue weighted by molar-refractivity contribution is 0.568. The lowest BCUT2D eigenvalue weighted by atomic mass is 9.92. The van der Waals surface area contributed by atoms with Crippen LogP contribution in [0.15, 0.2) is 24.4 Å². The van der Waals surface area contributed by atoms with Gasteiger partial charge in [-0.1, -0.05) is 32.4 Å². The van der Waals surface area contributed by atoms with Gasteiger partial charge in [0.15, 0.2) is 5.82 Å². The van der Waals surface area contributed by atoms with E-state index in [1.807, 2.05) is 25.1 Å². The van der Waals surface area contributed by atoms with Crippen molar-refractivity contribution in [3.05, 3.63) is 40.9 Å². The van der Waals surface area contributed by atoms with Crippen molar-refractivity contribution in [1.29, 1.82) is 0 Å². The Morgan fingerprint density at radius 2 is 1.83 bits per heavy atom. The first-order chi connectivity index (χ1) is 8.36. The lowest BCUT2D eigenvalue weighted by Gasteiger charge is -2.18. The van der Waals surface area contributed by atoms with E-state index in [2.05, 4.69) is 35.7 Å². The molecule has 0 aromatic carbocycles. The number of aryl methyl sites for hydroxylation is 1. The Bertz CT molecular complexity index is 556. The molecule has 0 saturated carbocycles. The summed E-state index contributed by atoms with van der Waals surface area (Å²) in [7, 11) is 0. The smallest absolute Gasteiger partial charge is 0.162 e. The van der Waals surface area contributed by atoms with E-state index in [0.29, 0.717) is 11.0 Å². The van der Waals surface area contributed by atoms with Crippen molar-refractivity contribution in [2.24, 2.45) is 0 Å². The monoisotopic (exact) mass is 261 g/mol. The van der Waals surface area contributed by atoms with Gasteiger partial charge in [0.1, 0.15) is 5.15 Å². The van der Waals surface area contributed by atoms with Crippen molar-refractivity contribution in [3.8, 4) is 11.4 Å². The first-order valence-corrected chi connectivity index (χ1v) is 6.22.